The van der Waals surface area contributed by atoms with Crippen LogP contribution < -0.4 is 9.97 Å². The topological polar surface area (TPSA) is 153 Å². The van der Waals surface area contributed by atoms with Crippen LogP contribution in [0.3, 0.4) is 0 Å². The summed E-state index contributed by atoms with van der Waals surface area (Å²) in [4.78, 5) is 58.6. The number of ether oxygens (including phenoxy) is 3. The van der Waals surface area contributed by atoms with Crippen LogP contribution in [0.1, 0.15) is 107 Å². The van der Waals surface area contributed by atoms with Gasteiger partial charge in [-0.25, -0.2) is 9.78 Å². The molecule has 12 heteroatoms. The van der Waals surface area contributed by atoms with Crippen LogP contribution in [0.4, 0.5) is 0 Å². The van der Waals surface area contributed by atoms with Crippen molar-refractivity contribution in [3.8, 4) is 0 Å². The zero-order chi connectivity index (χ0) is 34.2. The Morgan fingerprint density at radius 2 is 1.52 bits per heavy atom. The molecule has 0 unspecified atom stereocenters. The normalized spacial score (nSPS) is 15.6. The molecule has 0 spiro atoms. The van der Waals surface area contributed by atoms with Gasteiger partial charge in [-0.2, -0.15) is 0 Å². The number of nitrogens with zero attached hydrogens (tertiary/aromatic N) is 4. The number of hydrogen-bond acceptors (Lipinski definition) is 9. The van der Waals surface area contributed by atoms with Crippen molar-refractivity contribution in [2.45, 2.75) is 78.7 Å². The minimum atomic E-state index is -0.602. The number of hydrogen-bond donors (Lipinski definition) is 1. The minimum Gasteiger partial charge on any atom is -0.657 e. The molecule has 2 atom stereocenters. The van der Waals surface area contributed by atoms with Crippen LogP contribution in [-0.4, -0.2) is 54.3 Å². The molecular weight excluding hydrogens is 666 g/mol. The standard InChI is InChI=1S/C36H41N4O7.Zn/c1-9-21-17(2)26-14-30-24(16-41)19(4)25(38-30)13-27-18(3)22(10-11-31(42)45-6)34(39-27)23(12-32(43)46-7)35-33(36(44)47-8)20(5)28(40-35)15-29(21)37-26;/h13-15,18,22,41H,9-12,16H2,1-8H3,(H-,37,38,39,40,44);/q-1;+2/p-1/t18-,22-;/m0./s1. The zero-order valence-corrected chi connectivity index (χ0v) is 31.8. The largest absolute Gasteiger partial charge is 2.00 e. The molecular formula is C36H40N4O7Zn. The van der Waals surface area contributed by atoms with E-state index in [1.54, 1.807) is 6.92 Å². The molecule has 0 radical (unpaired) electrons. The van der Waals surface area contributed by atoms with Gasteiger partial charge in [-0.15, -0.1) is 22.1 Å². The van der Waals surface area contributed by atoms with E-state index in [9.17, 15) is 19.5 Å². The summed E-state index contributed by atoms with van der Waals surface area (Å²) in [6.07, 6.45) is 0.964. The Morgan fingerprint density at radius 3 is 2.15 bits per heavy atom. The van der Waals surface area contributed by atoms with Gasteiger partial charge in [-0.05, 0) is 55.9 Å². The SMILES string of the molecule is CCC1=C(C)c2cc3[n-]c(cc4nc(c(CC(=O)OC)c5[n-]c(cc1n2)c(C)c5C(=O)OC)[C@@H](CCC(=O)OC)[C@@H]4C)c(C)c3CO.[Zn+2]. The minimum absolute atomic E-state index is 0. The van der Waals surface area contributed by atoms with Crippen LogP contribution in [0.5, 0.6) is 0 Å². The van der Waals surface area contributed by atoms with E-state index in [1.807, 2.05) is 45.9 Å². The second-order valence-corrected chi connectivity index (χ2v) is 11.9. The Kier molecular flexibility index (Phi) is 11.4. The van der Waals surface area contributed by atoms with E-state index in [4.69, 9.17) is 34.1 Å². The van der Waals surface area contributed by atoms with Gasteiger partial charge in [0.2, 0.25) is 0 Å². The van der Waals surface area contributed by atoms with Crippen molar-refractivity contribution in [1.29, 1.82) is 0 Å². The first-order valence-corrected chi connectivity index (χ1v) is 15.7. The van der Waals surface area contributed by atoms with Crippen LogP contribution in [0.25, 0.3) is 33.2 Å². The van der Waals surface area contributed by atoms with Gasteiger partial charge in [-0.3, -0.25) is 14.6 Å². The molecule has 248 valence electrons. The van der Waals surface area contributed by atoms with E-state index in [1.165, 1.54) is 21.3 Å². The summed E-state index contributed by atoms with van der Waals surface area (Å²) in [6, 6.07) is 5.62. The smallest absolute Gasteiger partial charge is 0.657 e. The molecule has 8 bridgehead atoms. The number of aliphatic hydroxyl groups is 1. The number of aryl methyl sites for hydroxylation is 2. The Morgan fingerprint density at radius 1 is 0.854 bits per heavy atom. The van der Waals surface area contributed by atoms with Gasteiger partial charge in [0.25, 0.3) is 0 Å². The summed E-state index contributed by atoms with van der Waals surface area (Å²) < 4.78 is 15.3. The molecule has 2 aliphatic heterocycles. The molecule has 0 aliphatic carbocycles. The number of esters is 3. The number of aliphatic hydroxyl groups excluding tert-OH is 1. The fraction of sp³-hybridized carbons (Fsp3) is 0.417. The third kappa shape index (κ3) is 6.60. The van der Waals surface area contributed by atoms with E-state index in [2.05, 4.69) is 0 Å². The number of fused-ring (bicyclic) bond motifs is 8. The van der Waals surface area contributed by atoms with Crippen LogP contribution in [0.15, 0.2) is 18.2 Å². The average Bonchev–Trinajstić information content (AvgIpc) is 3.74. The molecule has 5 rings (SSSR count). The van der Waals surface area contributed by atoms with Gasteiger partial charge < -0.3 is 29.3 Å². The molecule has 48 heavy (non-hydrogen) atoms. The van der Waals surface area contributed by atoms with Gasteiger partial charge in [0.1, 0.15) is 0 Å². The molecule has 0 amide bonds. The van der Waals surface area contributed by atoms with Crippen LogP contribution in [0, 0.1) is 13.8 Å². The van der Waals surface area contributed by atoms with Crippen LogP contribution in [0.2, 0.25) is 0 Å². The van der Waals surface area contributed by atoms with Crippen molar-refractivity contribution >= 4 is 51.1 Å². The van der Waals surface area contributed by atoms with Gasteiger partial charge in [-0.1, -0.05) is 43.2 Å². The molecule has 3 aromatic heterocycles. The summed E-state index contributed by atoms with van der Waals surface area (Å²) >= 11 is 0. The van der Waals surface area contributed by atoms with Crippen molar-refractivity contribution in [3.05, 3.63) is 68.8 Å². The average molecular weight is 706 g/mol. The molecule has 0 fully saturated rings. The fourth-order valence-corrected chi connectivity index (χ4v) is 6.59. The van der Waals surface area contributed by atoms with E-state index in [0.29, 0.717) is 63.2 Å². The molecule has 11 nitrogen and oxygen atoms in total. The summed E-state index contributed by atoms with van der Waals surface area (Å²) in [5.41, 5.74) is 9.36. The second-order valence-electron chi connectivity index (χ2n) is 11.9. The number of aromatic nitrogens is 4. The molecule has 2 aliphatic rings. The molecule has 0 saturated carbocycles. The Balaban J connectivity index is 0.00000520. The molecule has 0 saturated heterocycles. The summed E-state index contributed by atoms with van der Waals surface area (Å²) in [5.74, 6) is -2.06. The van der Waals surface area contributed by atoms with Crippen molar-refractivity contribution < 1.29 is 53.2 Å². The quantitative estimate of drug-likeness (QED) is 0.183. The van der Waals surface area contributed by atoms with Crippen molar-refractivity contribution in [3.63, 3.8) is 0 Å². The van der Waals surface area contributed by atoms with Crippen LogP contribution in [-0.2, 0) is 56.3 Å². The van der Waals surface area contributed by atoms with Crippen molar-refractivity contribution in [1.82, 2.24) is 19.9 Å². The number of allylic oxidation sites excluding steroid dienone is 2. The first-order valence-electron chi connectivity index (χ1n) is 15.7. The first kappa shape index (κ1) is 36.7. The third-order valence-corrected chi connectivity index (χ3v) is 9.44. The van der Waals surface area contributed by atoms with Gasteiger partial charge in [0.15, 0.2) is 0 Å². The fourth-order valence-electron chi connectivity index (χ4n) is 6.59. The first-order chi connectivity index (χ1) is 22.5. The van der Waals surface area contributed by atoms with Gasteiger partial charge >= 0.3 is 37.4 Å². The maximum absolute atomic E-state index is 13.4. The Bertz CT molecular complexity index is 1970. The summed E-state index contributed by atoms with van der Waals surface area (Å²) in [6.45, 7) is 9.55. The Hall–Kier alpha value is -4.15. The van der Waals surface area contributed by atoms with Gasteiger partial charge in [0.05, 0.1) is 45.7 Å². The van der Waals surface area contributed by atoms with Crippen molar-refractivity contribution in [2.75, 3.05) is 21.3 Å². The number of carbonyl (C=O) groups excluding carboxylic acids is 3. The third-order valence-electron chi connectivity index (χ3n) is 9.44. The summed E-state index contributed by atoms with van der Waals surface area (Å²) in [7, 11) is 3.94. The monoisotopic (exact) mass is 704 g/mol. The summed E-state index contributed by atoms with van der Waals surface area (Å²) in [5, 5.41) is 10.4. The van der Waals surface area contributed by atoms with Crippen molar-refractivity contribution in [2.24, 2.45) is 0 Å². The van der Waals surface area contributed by atoms with E-state index >= 15 is 0 Å². The molecule has 5 heterocycles. The zero-order valence-electron chi connectivity index (χ0n) is 28.8. The number of carbonyl (C=O) groups is 3. The number of methoxy groups -OCH3 is 3. The van der Waals surface area contributed by atoms with E-state index in [0.717, 1.165) is 22.4 Å². The second kappa shape index (κ2) is 15.0. The van der Waals surface area contributed by atoms with Crippen LogP contribution >= 0.6 is 0 Å². The predicted octanol–water partition coefficient (Wildman–Crippen LogP) is 5.36. The maximum Gasteiger partial charge on any atom is 2.00 e. The molecule has 1 N–H and O–H groups in total. The number of rotatable bonds is 8. The molecule has 3 aromatic rings. The molecule has 0 aromatic carbocycles. The predicted molar refractivity (Wildman–Crippen MR) is 177 cm³/mol. The van der Waals surface area contributed by atoms with E-state index < -0.39 is 11.9 Å². The maximum atomic E-state index is 13.4. The van der Waals surface area contributed by atoms with Gasteiger partial charge in [0, 0.05) is 35.2 Å². The van der Waals surface area contributed by atoms with E-state index in [-0.39, 0.29) is 67.8 Å². The Labute approximate surface area is 292 Å².